The molecule has 1 rings (SSSR count). The summed E-state index contributed by atoms with van der Waals surface area (Å²) in [5.74, 6) is 1.25. The Hall–Kier alpha value is -0.330. The van der Waals surface area contributed by atoms with E-state index >= 15 is 0 Å². The van der Waals surface area contributed by atoms with E-state index in [9.17, 15) is 13.2 Å². The van der Waals surface area contributed by atoms with Crippen molar-refractivity contribution >= 4 is 29.9 Å². The number of piperidine rings is 1. The number of likely N-dealkylation sites (tertiary alicyclic amines) is 1. The number of nitrogens with zero attached hydrogens (tertiary/aromatic N) is 3. The Balaban J connectivity index is 0.00000729. The van der Waals surface area contributed by atoms with Gasteiger partial charge < -0.3 is 20.3 Å². The molecule has 1 aliphatic rings. The quantitative estimate of drug-likeness (QED) is 0.189. The summed E-state index contributed by atoms with van der Waals surface area (Å²) >= 11 is 0. The summed E-state index contributed by atoms with van der Waals surface area (Å²) in [6.07, 6.45) is -0.463. The zero-order valence-electron chi connectivity index (χ0n) is 17.4. The van der Waals surface area contributed by atoms with Gasteiger partial charge in [0.1, 0.15) is 0 Å². The predicted octanol–water partition coefficient (Wildman–Crippen LogP) is 2.40. The van der Waals surface area contributed by atoms with E-state index < -0.39 is 12.7 Å². The second-order valence-electron chi connectivity index (χ2n) is 7.20. The molecule has 0 amide bonds. The van der Waals surface area contributed by atoms with Gasteiger partial charge in [-0.05, 0) is 51.7 Å². The summed E-state index contributed by atoms with van der Waals surface area (Å²) in [6, 6.07) is 0. The molecule has 0 saturated carbocycles. The Morgan fingerprint density at radius 2 is 1.82 bits per heavy atom. The first-order chi connectivity index (χ1) is 12.8. The third-order valence-corrected chi connectivity index (χ3v) is 4.85. The van der Waals surface area contributed by atoms with Gasteiger partial charge in [-0.25, -0.2) is 0 Å². The highest BCUT2D eigenvalue weighted by atomic mass is 127. The van der Waals surface area contributed by atoms with Crippen molar-refractivity contribution in [1.82, 2.24) is 20.4 Å². The number of ether oxygens (including phenoxy) is 1. The number of hydrogen-bond acceptors (Lipinski definition) is 4. The maximum atomic E-state index is 12.4. The summed E-state index contributed by atoms with van der Waals surface area (Å²) in [5.41, 5.74) is 0. The number of alkyl halides is 3. The molecule has 6 nitrogen and oxygen atoms in total. The van der Waals surface area contributed by atoms with Crippen molar-refractivity contribution in [1.29, 1.82) is 0 Å². The molecule has 0 bridgehead atoms. The second-order valence-corrected chi connectivity index (χ2v) is 7.20. The van der Waals surface area contributed by atoms with Crippen molar-refractivity contribution < 1.29 is 17.9 Å². The minimum absolute atomic E-state index is 0. The molecular weight excluding hydrogens is 486 g/mol. The van der Waals surface area contributed by atoms with Crippen LogP contribution in [0.4, 0.5) is 13.2 Å². The summed E-state index contributed by atoms with van der Waals surface area (Å²) < 4.78 is 42.3. The van der Waals surface area contributed by atoms with Crippen molar-refractivity contribution in [3.63, 3.8) is 0 Å². The highest BCUT2D eigenvalue weighted by Gasteiger charge is 2.32. The van der Waals surface area contributed by atoms with Gasteiger partial charge >= 0.3 is 6.18 Å². The van der Waals surface area contributed by atoms with Crippen molar-refractivity contribution in [2.45, 2.75) is 31.9 Å². The summed E-state index contributed by atoms with van der Waals surface area (Å²) in [6.45, 7) is 4.56. The number of rotatable bonds is 11. The zero-order chi connectivity index (χ0) is 20.1. The third kappa shape index (κ3) is 13.8. The van der Waals surface area contributed by atoms with Crippen LogP contribution in [0.5, 0.6) is 0 Å². The molecule has 28 heavy (non-hydrogen) atoms. The van der Waals surface area contributed by atoms with Crippen LogP contribution in [0, 0.1) is 5.92 Å². The van der Waals surface area contributed by atoms with E-state index in [1.54, 1.807) is 14.2 Å². The van der Waals surface area contributed by atoms with Crippen LogP contribution in [0.3, 0.4) is 0 Å². The average Bonchev–Trinajstić information content (AvgIpc) is 2.61. The van der Waals surface area contributed by atoms with E-state index in [2.05, 4.69) is 27.6 Å². The maximum Gasteiger partial charge on any atom is 0.401 e. The van der Waals surface area contributed by atoms with Crippen LogP contribution in [0.1, 0.15) is 25.7 Å². The molecule has 0 radical (unpaired) electrons. The SMILES string of the molecule is CN=C(NCCC1CCN(CC(F)(F)F)CC1)NCCN(C)CCCOC.I. The fourth-order valence-electron chi connectivity index (χ4n) is 3.26. The number of nitrogens with one attached hydrogen (secondary N) is 2. The molecule has 168 valence electrons. The Bertz CT molecular complexity index is 419. The van der Waals surface area contributed by atoms with Gasteiger partial charge in [-0.1, -0.05) is 0 Å². The van der Waals surface area contributed by atoms with Gasteiger partial charge in [-0.3, -0.25) is 9.89 Å². The monoisotopic (exact) mass is 523 g/mol. The first-order valence-corrected chi connectivity index (χ1v) is 9.75. The molecular formula is C18H37F3IN5O. The molecule has 1 fully saturated rings. The van der Waals surface area contributed by atoms with Crippen LogP contribution in [-0.2, 0) is 4.74 Å². The average molecular weight is 523 g/mol. The predicted molar refractivity (Wildman–Crippen MR) is 119 cm³/mol. The lowest BCUT2D eigenvalue weighted by Gasteiger charge is -2.32. The lowest BCUT2D eigenvalue weighted by molar-refractivity contribution is -0.148. The minimum atomic E-state index is -4.09. The molecule has 2 N–H and O–H groups in total. The van der Waals surface area contributed by atoms with Crippen LogP contribution >= 0.6 is 24.0 Å². The van der Waals surface area contributed by atoms with Gasteiger partial charge in [0.2, 0.25) is 0 Å². The number of halogens is 4. The fraction of sp³-hybridized carbons (Fsp3) is 0.944. The molecule has 1 aliphatic heterocycles. The van der Waals surface area contributed by atoms with Gasteiger partial charge in [0.05, 0.1) is 6.54 Å². The molecule has 1 saturated heterocycles. The Kier molecular flexibility index (Phi) is 15.3. The van der Waals surface area contributed by atoms with Crippen LogP contribution in [-0.4, -0.2) is 95.6 Å². The molecule has 0 atom stereocenters. The van der Waals surface area contributed by atoms with Crippen LogP contribution < -0.4 is 10.6 Å². The third-order valence-electron chi connectivity index (χ3n) is 4.85. The first-order valence-electron chi connectivity index (χ1n) is 9.75. The summed E-state index contributed by atoms with van der Waals surface area (Å²) in [4.78, 5) is 7.97. The summed E-state index contributed by atoms with van der Waals surface area (Å²) in [5, 5.41) is 6.59. The molecule has 0 aliphatic carbocycles. The number of hydrogen-bond donors (Lipinski definition) is 2. The molecule has 0 aromatic carbocycles. The fourth-order valence-corrected chi connectivity index (χ4v) is 3.26. The maximum absolute atomic E-state index is 12.4. The molecule has 10 heteroatoms. The number of likely N-dealkylation sites (N-methyl/N-ethyl adjacent to an activating group) is 1. The molecule has 0 aromatic heterocycles. The van der Waals surface area contributed by atoms with E-state index in [4.69, 9.17) is 4.74 Å². The van der Waals surface area contributed by atoms with Crippen LogP contribution in [0.2, 0.25) is 0 Å². The van der Waals surface area contributed by atoms with Gasteiger partial charge in [0.15, 0.2) is 5.96 Å². The molecule has 0 spiro atoms. The van der Waals surface area contributed by atoms with Gasteiger partial charge in [-0.15, -0.1) is 24.0 Å². The largest absolute Gasteiger partial charge is 0.401 e. The summed E-state index contributed by atoms with van der Waals surface area (Å²) in [7, 11) is 5.54. The van der Waals surface area contributed by atoms with E-state index in [-0.39, 0.29) is 24.0 Å². The van der Waals surface area contributed by atoms with Crippen molar-refractivity contribution in [2.75, 3.05) is 73.6 Å². The van der Waals surface area contributed by atoms with E-state index in [0.29, 0.717) is 19.0 Å². The van der Waals surface area contributed by atoms with Crippen molar-refractivity contribution in [3.8, 4) is 0 Å². The van der Waals surface area contributed by atoms with Crippen molar-refractivity contribution in [3.05, 3.63) is 0 Å². The second kappa shape index (κ2) is 15.5. The van der Waals surface area contributed by atoms with Crippen LogP contribution in [0.25, 0.3) is 0 Å². The normalized spacial score (nSPS) is 16.9. The Morgan fingerprint density at radius 1 is 1.18 bits per heavy atom. The number of guanidine groups is 1. The number of aliphatic imine (C=N–C) groups is 1. The zero-order valence-corrected chi connectivity index (χ0v) is 19.7. The van der Waals surface area contributed by atoms with E-state index in [0.717, 1.165) is 64.4 Å². The smallest absolute Gasteiger partial charge is 0.385 e. The highest BCUT2D eigenvalue weighted by molar-refractivity contribution is 14.0. The van der Waals surface area contributed by atoms with Gasteiger partial charge in [0.25, 0.3) is 0 Å². The van der Waals surface area contributed by atoms with E-state index in [1.807, 2.05) is 0 Å². The molecule has 1 heterocycles. The lowest BCUT2D eigenvalue weighted by Crippen LogP contribution is -2.43. The van der Waals surface area contributed by atoms with Crippen molar-refractivity contribution in [2.24, 2.45) is 10.9 Å². The highest BCUT2D eigenvalue weighted by Crippen LogP contribution is 2.23. The lowest BCUT2D eigenvalue weighted by atomic mass is 9.93. The first kappa shape index (κ1) is 27.7. The number of methoxy groups -OCH3 is 1. The minimum Gasteiger partial charge on any atom is -0.385 e. The van der Waals surface area contributed by atoms with E-state index in [1.165, 1.54) is 4.90 Å². The Labute approximate surface area is 184 Å². The van der Waals surface area contributed by atoms with Crippen LogP contribution in [0.15, 0.2) is 4.99 Å². The molecule has 0 unspecified atom stereocenters. The van der Waals surface area contributed by atoms with Gasteiger partial charge in [0, 0.05) is 46.9 Å². The van der Waals surface area contributed by atoms with Gasteiger partial charge in [-0.2, -0.15) is 13.2 Å². The Morgan fingerprint density at radius 3 is 2.39 bits per heavy atom. The topological polar surface area (TPSA) is 52.1 Å². The molecule has 0 aromatic rings. The standard InChI is InChI=1S/C18H36F3N5O.HI/c1-22-17(24-9-13-25(2)10-4-14-27-3)23-8-5-16-6-11-26(12-7-16)15-18(19,20)21;/h16H,4-15H2,1-3H3,(H2,22,23,24);1H.